The Kier molecular flexibility index (Phi) is 8.35. The van der Waals surface area contributed by atoms with Crippen molar-refractivity contribution in [2.75, 3.05) is 0 Å². The van der Waals surface area contributed by atoms with E-state index < -0.39 is 11.7 Å². The molecule has 36 heavy (non-hydrogen) atoms. The summed E-state index contributed by atoms with van der Waals surface area (Å²) in [5, 5.41) is 9.59. The minimum Gasteiger partial charge on any atom is -0.364 e. The lowest BCUT2D eigenvalue weighted by molar-refractivity contribution is -0.137. The van der Waals surface area contributed by atoms with Crippen LogP contribution in [0.25, 0.3) is 0 Å². The second kappa shape index (κ2) is 11.6. The molecular formula is C26H29F3N6S. The Hall–Kier alpha value is -3.27. The third-order valence-electron chi connectivity index (χ3n) is 6.06. The van der Waals surface area contributed by atoms with Crippen LogP contribution in [0.4, 0.5) is 13.2 Å². The summed E-state index contributed by atoms with van der Waals surface area (Å²) in [6, 6.07) is 5.44. The monoisotopic (exact) mass is 514 g/mol. The Morgan fingerprint density at radius 2 is 2.03 bits per heavy atom. The van der Waals surface area contributed by atoms with Crippen LogP contribution in [0.2, 0.25) is 0 Å². The van der Waals surface area contributed by atoms with E-state index in [-0.39, 0.29) is 0 Å². The molecule has 4 rings (SSSR count). The summed E-state index contributed by atoms with van der Waals surface area (Å²) in [6.45, 7) is 4.80. The number of imidazole rings is 1. The number of aromatic nitrogens is 6. The number of halogens is 3. The zero-order valence-electron chi connectivity index (χ0n) is 20.3. The lowest BCUT2D eigenvalue weighted by atomic mass is 10.1. The number of rotatable bonds is 11. The molecule has 0 radical (unpaired) electrons. The average molecular weight is 515 g/mol. The summed E-state index contributed by atoms with van der Waals surface area (Å²) in [5.41, 5.74) is 4.55. The summed E-state index contributed by atoms with van der Waals surface area (Å²) in [4.78, 5) is 10.6. The Labute approximate surface area is 212 Å². The highest BCUT2D eigenvalue weighted by Gasteiger charge is 2.30. The molecule has 190 valence electrons. The number of H-pyrrole nitrogens is 2. The number of hydrogen-bond acceptors (Lipinski definition) is 4. The number of nitrogens with zero attached hydrogens (tertiary/aromatic N) is 4. The molecule has 0 aliphatic rings. The fourth-order valence-corrected chi connectivity index (χ4v) is 4.93. The van der Waals surface area contributed by atoms with E-state index in [1.807, 2.05) is 25.4 Å². The van der Waals surface area contributed by atoms with Gasteiger partial charge in [0, 0.05) is 48.9 Å². The summed E-state index contributed by atoms with van der Waals surface area (Å²) in [6.07, 6.45) is 8.43. The molecule has 0 bridgehead atoms. The van der Waals surface area contributed by atoms with Crippen LogP contribution in [0.15, 0.2) is 60.3 Å². The maximum atomic E-state index is 13.1. The molecular weight excluding hydrogens is 485 g/mol. The van der Waals surface area contributed by atoms with Crippen LogP contribution in [0.1, 0.15) is 52.8 Å². The SMILES string of the molecule is C/C=C\Cc1[nH]cc(Cc2nnc(SCc3cccc(C(F)(F)F)c3)n2CCCc2cnc[nH]2)c1C. The van der Waals surface area contributed by atoms with E-state index in [1.165, 1.54) is 35.2 Å². The highest BCUT2D eigenvalue weighted by atomic mass is 32.2. The van der Waals surface area contributed by atoms with Crippen LogP contribution in [0, 0.1) is 6.92 Å². The van der Waals surface area contributed by atoms with Crippen molar-refractivity contribution in [3.63, 3.8) is 0 Å². The predicted molar refractivity (Wildman–Crippen MR) is 135 cm³/mol. The molecule has 0 fully saturated rings. The van der Waals surface area contributed by atoms with Gasteiger partial charge < -0.3 is 14.5 Å². The van der Waals surface area contributed by atoms with Gasteiger partial charge >= 0.3 is 6.18 Å². The van der Waals surface area contributed by atoms with Gasteiger partial charge in [0.2, 0.25) is 0 Å². The third kappa shape index (κ3) is 6.48. The Bertz CT molecular complexity index is 1290. The van der Waals surface area contributed by atoms with Gasteiger partial charge in [0.25, 0.3) is 0 Å². The summed E-state index contributed by atoms with van der Waals surface area (Å²) >= 11 is 1.40. The van der Waals surface area contributed by atoms with Gasteiger partial charge in [0.15, 0.2) is 5.16 Å². The van der Waals surface area contributed by atoms with Crippen molar-refractivity contribution < 1.29 is 13.2 Å². The van der Waals surface area contributed by atoms with Gasteiger partial charge in [-0.2, -0.15) is 13.2 Å². The molecule has 0 aliphatic carbocycles. The first-order chi connectivity index (χ1) is 17.3. The first-order valence-corrected chi connectivity index (χ1v) is 12.8. The summed E-state index contributed by atoms with van der Waals surface area (Å²) < 4.78 is 41.4. The third-order valence-corrected chi connectivity index (χ3v) is 7.10. The molecule has 0 saturated carbocycles. The zero-order valence-corrected chi connectivity index (χ0v) is 21.1. The fraction of sp³-hybridized carbons (Fsp3) is 0.346. The van der Waals surface area contributed by atoms with Gasteiger partial charge in [0.05, 0.1) is 11.9 Å². The van der Waals surface area contributed by atoms with Gasteiger partial charge in [-0.05, 0) is 49.4 Å². The van der Waals surface area contributed by atoms with E-state index >= 15 is 0 Å². The number of benzene rings is 1. The number of nitrogens with one attached hydrogen (secondary N) is 2. The molecule has 4 aromatic rings. The molecule has 0 aliphatic heterocycles. The molecule has 0 spiro atoms. The van der Waals surface area contributed by atoms with E-state index in [0.29, 0.717) is 29.4 Å². The van der Waals surface area contributed by atoms with E-state index in [0.717, 1.165) is 42.4 Å². The Morgan fingerprint density at radius 1 is 1.17 bits per heavy atom. The van der Waals surface area contributed by atoms with E-state index in [9.17, 15) is 13.2 Å². The van der Waals surface area contributed by atoms with E-state index in [2.05, 4.69) is 42.7 Å². The number of aromatic amines is 2. The summed E-state index contributed by atoms with van der Waals surface area (Å²) in [7, 11) is 0. The van der Waals surface area contributed by atoms with Crippen molar-refractivity contribution in [1.29, 1.82) is 0 Å². The van der Waals surface area contributed by atoms with Gasteiger partial charge in [-0.25, -0.2) is 4.98 Å². The Morgan fingerprint density at radius 3 is 2.78 bits per heavy atom. The first kappa shape index (κ1) is 25.8. The number of thioether (sulfide) groups is 1. The zero-order chi connectivity index (χ0) is 25.5. The van der Waals surface area contributed by atoms with Gasteiger partial charge in [0.1, 0.15) is 5.82 Å². The lowest BCUT2D eigenvalue weighted by Crippen LogP contribution is -2.08. The second-order valence-corrected chi connectivity index (χ2v) is 9.53. The molecule has 0 saturated heterocycles. The number of alkyl halides is 3. The normalized spacial score (nSPS) is 12.1. The van der Waals surface area contributed by atoms with Crippen LogP contribution in [0.3, 0.4) is 0 Å². The molecule has 0 unspecified atom stereocenters. The number of aryl methyl sites for hydroxylation is 1. The second-order valence-electron chi connectivity index (χ2n) is 8.59. The molecule has 0 atom stereocenters. The summed E-state index contributed by atoms with van der Waals surface area (Å²) in [5.74, 6) is 1.21. The molecule has 0 amide bonds. The first-order valence-electron chi connectivity index (χ1n) is 11.8. The quantitative estimate of drug-likeness (QED) is 0.182. The molecule has 6 nitrogen and oxygen atoms in total. The van der Waals surface area contributed by atoms with Crippen LogP contribution in [-0.2, 0) is 37.7 Å². The van der Waals surface area contributed by atoms with Crippen LogP contribution < -0.4 is 0 Å². The molecule has 3 aromatic heterocycles. The van der Waals surface area contributed by atoms with Crippen molar-refractivity contribution in [3.8, 4) is 0 Å². The maximum absolute atomic E-state index is 13.1. The van der Waals surface area contributed by atoms with Crippen molar-refractivity contribution in [1.82, 2.24) is 29.7 Å². The smallest absolute Gasteiger partial charge is 0.364 e. The Balaban J connectivity index is 1.52. The minimum atomic E-state index is -4.36. The predicted octanol–water partition coefficient (Wildman–Crippen LogP) is 6.29. The highest BCUT2D eigenvalue weighted by Crippen LogP contribution is 2.31. The minimum absolute atomic E-state index is 0.374. The van der Waals surface area contributed by atoms with Crippen molar-refractivity contribution in [3.05, 3.63) is 94.6 Å². The number of hydrogen-bond donors (Lipinski definition) is 2. The van der Waals surface area contributed by atoms with Crippen LogP contribution in [-0.4, -0.2) is 29.7 Å². The van der Waals surface area contributed by atoms with Crippen molar-refractivity contribution in [2.24, 2.45) is 0 Å². The fourth-order valence-electron chi connectivity index (χ4n) is 4.00. The molecule has 3 heterocycles. The maximum Gasteiger partial charge on any atom is 0.416 e. The van der Waals surface area contributed by atoms with Crippen molar-refractivity contribution in [2.45, 2.75) is 63.2 Å². The van der Waals surface area contributed by atoms with Crippen LogP contribution in [0.5, 0.6) is 0 Å². The van der Waals surface area contributed by atoms with Gasteiger partial charge in [-0.1, -0.05) is 42.1 Å². The molecule has 2 N–H and O–H groups in total. The molecule has 1 aromatic carbocycles. The van der Waals surface area contributed by atoms with E-state index in [1.54, 1.807) is 12.4 Å². The van der Waals surface area contributed by atoms with E-state index in [4.69, 9.17) is 0 Å². The average Bonchev–Trinajstić information content (AvgIpc) is 3.59. The molecule has 10 heteroatoms. The van der Waals surface area contributed by atoms with Gasteiger partial charge in [-0.15, -0.1) is 10.2 Å². The highest BCUT2D eigenvalue weighted by molar-refractivity contribution is 7.98. The van der Waals surface area contributed by atoms with Crippen LogP contribution >= 0.6 is 11.8 Å². The standard InChI is InChI=1S/C26H29F3N6S/c1-3-4-10-23-18(2)20(14-31-23)13-24-33-34-25(35(24)11-6-9-22-15-30-17-32-22)36-16-19-7-5-8-21(12-19)26(27,28)29/h3-5,7-8,12,14-15,17,31H,6,9-11,13,16H2,1-2H3,(H,30,32)/b4-3-. The lowest BCUT2D eigenvalue weighted by Gasteiger charge is -2.11. The number of allylic oxidation sites excluding steroid dienone is 2. The largest absolute Gasteiger partial charge is 0.416 e. The van der Waals surface area contributed by atoms with Gasteiger partial charge in [-0.3, -0.25) is 0 Å². The van der Waals surface area contributed by atoms with Crippen molar-refractivity contribution >= 4 is 11.8 Å². The topological polar surface area (TPSA) is 75.2 Å².